The first-order valence-corrected chi connectivity index (χ1v) is 9.66. The molecule has 3 rings (SSSR count). The summed E-state index contributed by atoms with van der Waals surface area (Å²) >= 11 is 0. The molecule has 1 heteroatoms. The highest BCUT2D eigenvalue weighted by Gasteiger charge is 2.18. The van der Waals surface area contributed by atoms with Gasteiger partial charge in [-0.15, -0.1) is 0 Å². The Morgan fingerprint density at radius 3 is 2.20 bits per heavy atom. The van der Waals surface area contributed by atoms with Crippen LogP contribution in [-0.4, -0.2) is 6.61 Å². The molecule has 1 aliphatic rings. The second-order valence-corrected chi connectivity index (χ2v) is 7.52. The topological polar surface area (TPSA) is 9.23 Å². The monoisotopic (exact) mass is 334 g/mol. The van der Waals surface area contributed by atoms with Crippen molar-refractivity contribution >= 4 is 6.08 Å². The van der Waals surface area contributed by atoms with Crippen molar-refractivity contribution in [1.29, 1.82) is 0 Å². The molecule has 0 radical (unpaired) electrons. The smallest absolute Gasteiger partial charge is 0.119 e. The van der Waals surface area contributed by atoms with Crippen molar-refractivity contribution in [2.24, 2.45) is 11.8 Å². The third-order valence-electron chi connectivity index (χ3n) is 5.46. The van der Waals surface area contributed by atoms with Crippen LogP contribution in [0.25, 0.3) is 6.08 Å². The lowest BCUT2D eigenvalue weighted by Crippen LogP contribution is -2.14. The SMILES string of the molecule is C=Cc1ccc(CCOc2ccc(CC3CCC(C)CC3)cc2)cc1. The fourth-order valence-corrected chi connectivity index (χ4v) is 3.70. The Kier molecular flexibility index (Phi) is 6.33. The van der Waals surface area contributed by atoms with Crippen LogP contribution in [0.4, 0.5) is 0 Å². The molecule has 0 bridgehead atoms. The van der Waals surface area contributed by atoms with Crippen LogP contribution in [0.15, 0.2) is 55.1 Å². The summed E-state index contributed by atoms with van der Waals surface area (Å²) in [6.45, 7) is 6.89. The van der Waals surface area contributed by atoms with Crippen LogP contribution in [-0.2, 0) is 12.8 Å². The highest BCUT2D eigenvalue weighted by molar-refractivity contribution is 5.47. The van der Waals surface area contributed by atoms with Crippen molar-refractivity contribution in [3.8, 4) is 5.75 Å². The fourth-order valence-electron chi connectivity index (χ4n) is 3.70. The highest BCUT2D eigenvalue weighted by Crippen LogP contribution is 2.30. The van der Waals surface area contributed by atoms with Gasteiger partial charge in [0, 0.05) is 6.42 Å². The Bertz CT molecular complexity index is 645. The van der Waals surface area contributed by atoms with Crippen molar-refractivity contribution in [1.82, 2.24) is 0 Å². The van der Waals surface area contributed by atoms with E-state index in [1.165, 1.54) is 43.2 Å². The van der Waals surface area contributed by atoms with E-state index in [1.807, 2.05) is 6.08 Å². The van der Waals surface area contributed by atoms with Gasteiger partial charge in [0.05, 0.1) is 6.61 Å². The molecule has 0 amide bonds. The van der Waals surface area contributed by atoms with Gasteiger partial charge >= 0.3 is 0 Å². The summed E-state index contributed by atoms with van der Waals surface area (Å²) in [7, 11) is 0. The molecule has 0 spiro atoms. The minimum atomic E-state index is 0.716. The molecule has 25 heavy (non-hydrogen) atoms. The first kappa shape index (κ1) is 17.8. The number of benzene rings is 2. The quantitative estimate of drug-likeness (QED) is 0.575. The Hall–Kier alpha value is -2.02. The average molecular weight is 335 g/mol. The molecule has 1 aliphatic carbocycles. The van der Waals surface area contributed by atoms with Crippen LogP contribution in [0.5, 0.6) is 5.75 Å². The molecule has 2 aromatic rings. The summed E-state index contributed by atoms with van der Waals surface area (Å²) in [6.07, 6.45) is 9.62. The van der Waals surface area contributed by atoms with Gasteiger partial charge in [0.1, 0.15) is 5.75 Å². The number of hydrogen-bond donors (Lipinski definition) is 0. The van der Waals surface area contributed by atoms with Crippen molar-refractivity contribution in [3.63, 3.8) is 0 Å². The standard InChI is InChI=1S/C24H30O/c1-3-20-8-10-21(11-9-20)16-17-25-24-14-12-23(13-15-24)18-22-6-4-19(2)5-7-22/h3,8-15,19,22H,1,4-7,16-18H2,2H3. The van der Waals surface area contributed by atoms with Crippen LogP contribution in [0.2, 0.25) is 0 Å². The van der Waals surface area contributed by atoms with Crippen LogP contribution in [0.3, 0.4) is 0 Å². The van der Waals surface area contributed by atoms with E-state index in [-0.39, 0.29) is 0 Å². The lowest BCUT2D eigenvalue weighted by Gasteiger charge is -2.26. The van der Waals surface area contributed by atoms with Crippen molar-refractivity contribution in [2.45, 2.75) is 45.4 Å². The van der Waals surface area contributed by atoms with Crippen molar-refractivity contribution < 1.29 is 4.74 Å². The molecule has 132 valence electrons. The van der Waals surface area contributed by atoms with Crippen LogP contribution in [0.1, 0.15) is 49.3 Å². The van der Waals surface area contributed by atoms with Gasteiger partial charge in [-0.3, -0.25) is 0 Å². The van der Waals surface area contributed by atoms with E-state index in [9.17, 15) is 0 Å². The first-order valence-electron chi connectivity index (χ1n) is 9.66. The summed E-state index contributed by atoms with van der Waals surface area (Å²) < 4.78 is 5.91. The number of rotatable bonds is 7. The lowest BCUT2D eigenvalue weighted by molar-refractivity contribution is 0.288. The van der Waals surface area contributed by atoms with E-state index in [0.717, 1.165) is 29.6 Å². The summed E-state index contributed by atoms with van der Waals surface area (Å²) in [5, 5.41) is 0. The molecule has 1 saturated carbocycles. The Balaban J connectivity index is 1.43. The van der Waals surface area contributed by atoms with Gasteiger partial charge in [-0.2, -0.15) is 0 Å². The zero-order valence-corrected chi connectivity index (χ0v) is 15.4. The molecule has 0 unspecified atom stereocenters. The Morgan fingerprint density at radius 2 is 1.56 bits per heavy atom. The van der Waals surface area contributed by atoms with E-state index >= 15 is 0 Å². The molecule has 0 N–H and O–H groups in total. The van der Waals surface area contributed by atoms with Gasteiger partial charge in [0.15, 0.2) is 0 Å². The third kappa shape index (κ3) is 5.49. The highest BCUT2D eigenvalue weighted by atomic mass is 16.5. The molecular weight excluding hydrogens is 304 g/mol. The number of ether oxygens (including phenoxy) is 1. The maximum absolute atomic E-state index is 5.91. The largest absolute Gasteiger partial charge is 0.493 e. The molecule has 0 aliphatic heterocycles. The summed E-state index contributed by atoms with van der Waals surface area (Å²) in [6, 6.07) is 17.2. The average Bonchev–Trinajstić information content (AvgIpc) is 2.66. The maximum atomic E-state index is 5.91. The van der Waals surface area contributed by atoms with Crippen LogP contribution >= 0.6 is 0 Å². The molecule has 0 saturated heterocycles. The van der Waals surface area contributed by atoms with Gasteiger partial charge < -0.3 is 4.74 Å². The van der Waals surface area contributed by atoms with E-state index in [1.54, 1.807) is 0 Å². The van der Waals surface area contributed by atoms with Crippen LogP contribution in [0, 0.1) is 11.8 Å². The van der Waals surface area contributed by atoms with Gasteiger partial charge in [0.2, 0.25) is 0 Å². The van der Waals surface area contributed by atoms with E-state index in [2.05, 4.69) is 62.0 Å². The molecule has 0 aromatic heterocycles. The predicted molar refractivity (Wildman–Crippen MR) is 107 cm³/mol. The minimum absolute atomic E-state index is 0.716. The zero-order valence-electron chi connectivity index (χ0n) is 15.4. The van der Waals surface area contributed by atoms with E-state index in [0.29, 0.717) is 6.61 Å². The molecule has 0 atom stereocenters. The normalized spacial score (nSPS) is 20.2. The van der Waals surface area contributed by atoms with E-state index in [4.69, 9.17) is 4.74 Å². The Labute approximate surface area is 152 Å². The summed E-state index contributed by atoms with van der Waals surface area (Å²) in [5.41, 5.74) is 3.91. The maximum Gasteiger partial charge on any atom is 0.119 e. The second kappa shape index (κ2) is 8.89. The molecule has 1 fully saturated rings. The molecular formula is C24H30O. The minimum Gasteiger partial charge on any atom is -0.493 e. The van der Waals surface area contributed by atoms with Gasteiger partial charge in [-0.25, -0.2) is 0 Å². The molecule has 0 heterocycles. The van der Waals surface area contributed by atoms with Crippen LogP contribution < -0.4 is 4.74 Å². The van der Waals surface area contributed by atoms with Gasteiger partial charge in [-0.1, -0.05) is 68.8 Å². The predicted octanol–water partition coefficient (Wildman–Crippen LogP) is 6.32. The molecule has 1 nitrogen and oxygen atoms in total. The van der Waals surface area contributed by atoms with Crippen molar-refractivity contribution in [2.75, 3.05) is 6.61 Å². The zero-order chi connectivity index (χ0) is 17.5. The van der Waals surface area contributed by atoms with Gasteiger partial charge in [-0.05, 0) is 59.9 Å². The molecule has 2 aromatic carbocycles. The fraction of sp³-hybridized carbons (Fsp3) is 0.417. The second-order valence-electron chi connectivity index (χ2n) is 7.52. The summed E-state index contributed by atoms with van der Waals surface area (Å²) in [4.78, 5) is 0. The number of hydrogen-bond acceptors (Lipinski definition) is 1. The lowest BCUT2D eigenvalue weighted by atomic mass is 9.80. The summed E-state index contributed by atoms with van der Waals surface area (Å²) in [5.74, 6) is 2.78. The third-order valence-corrected chi connectivity index (χ3v) is 5.46. The Morgan fingerprint density at radius 1 is 0.920 bits per heavy atom. The first-order chi connectivity index (χ1) is 12.2. The van der Waals surface area contributed by atoms with Gasteiger partial charge in [0.25, 0.3) is 0 Å². The van der Waals surface area contributed by atoms with E-state index < -0.39 is 0 Å². The van der Waals surface area contributed by atoms with Crippen molar-refractivity contribution in [3.05, 3.63) is 71.8 Å².